The molecule has 2 aromatic rings. The molecule has 2 rings (SSSR count). The zero-order valence-electron chi connectivity index (χ0n) is 12.3. The van der Waals surface area contributed by atoms with Crippen molar-refractivity contribution in [2.24, 2.45) is 0 Å². The van der Waals surface area contributed by atoms with E-state index >= 15 is 0 Å². The number of pyridine rings is 1. The lowest BCUT2D eigenvalue weighted by Crippen LogP contribution is -2.35. The predicted molar refractivity (Wildman–Crippen MR) is 85.0 cm³/mol. The lowest BCUT2D eigenvalue weighted by Gasteiger charge is -2.20. The molecule has 0 amide bonds. The quantitative estimate of drug-likeness (QED) is 0.868. The Morgan fingerprint density at radius 2 is 2.00 bits per heavy atom. The Morgan fingerprint density at radius 1 is 1.24 bits per heavy atom. The fourth-order valence-corrected chi connectivity index (χ4v) is 1.99. The van der Waals surface area contributed by atoms with Crippen LogP contribution in [0.3, 0.4) is 0 Å². The molecule has 3 nitrogen and oxygen atoms in total. The summed E-state index contributed by atoms with van der Waals surface area (Å²) in [7, 11) is 0. The Hall–Kier alpha value is -1.46. The lowest BCUT2D eigenvalue weighted by atomic mass is 10.1. The van der Waals surface area contributed by atoms with Crippen LogP contribution in [-0.4, -0.2) is 10.5 Å². The molecule has 1 aromatic carbocycles. The van der Waals surface area contributed by atoms with Crippen molar-refractivity contribution >= 4 is 15.9 Å². The van der Waals surface area contributed by atoms with Gasteiger partial charge in [-0.15, -0.1) is 0 Å². The van der Waals surface area contributed by atoms with E-state index in [1.807, 2.05) is 6.07 Å². The Morgan fingerprint density at radius 3 is 2.67 bits per heavy atom. The molecular weight excluding hydrogens is 335 g/mol. The Labute approximate surface area is 132 Å². The summed E-state index contributed by atoms with van der Waals surface area (Å²) in [6.07, 6.45) is 1.66. The van der Waals surface area contributed by atoms with E-state index in [4.69, 9.17) is 4.74 Å². The minimum atomic E-state index is -0.426. The Bertz CT molecular complexity index is 626. The van der Waals surface area contributed by atoms with E-state index in [0.717, 1.165) is 5.56 Å². The molecule has 0 saturated carbocycles. The topological polar surface area (TPSA) is 34.2 Å². The molecule has 5 heteroatoms. The zero-order valence-corrected chi connectivity index (χ0v) is 13.9. The summed E-state index contributed by atoms with van der Waals surface area (Å²) < 4.78 is 19.9. The highest BCUT2D eigenvalue weighted by molar-refractivity contribution is 9.10. The monoisotopic (exact) mass is 352 g/mol. The number of nitrogens with one attached hydrogen (secondary N) is 1. The van der Waals surface area contributed by atoms with Crippen LogP contribution in [0.1, 0.15) is 26.3 Å². The average molecular weight is 353 g/mol. The zero-order chi connectivity index (χ0) is 15.5. The van der Waals surface area contributed by atoms with Crippen LogP contribution in [0.2, 0.25) is 0 Å². The molecule has 21 heavy (non-hydrogen) atoms. The first-order valence-electron chi connectivity index (χ1n) is 6.66. The van der Waals surface area contributed by atoms with Gasteiger partial charge in [0.15, 0.2) is 11.6 Å². The largest absolute Gasteiger partial charge is 0.436 e. The summed E-state index contributed by atoms with van der Waals surface area (Å²) in [6.45, 7) is 7.00. The van der Waals surface area contributed by atoms with E-state index in [1.54, 1.807) is 24.4 Å². The molecule has 1 aromatic heterocycles. The van der Waals surface area contributed by atoms with Crippen molar-refractivity contribution in [2.45, 2.75) is 32.9 Å². The van der Waals surface area contributed by atoms with Crippen molar-refractivity contribution in [2.75, 3.05) is 0 Å². The number of hydrogen-bond donors (Lipinski definition) is 1. The standard InChI is InChI=1S/C16H18BrFN2O/c1-16(2,3)20-10-11-6-7-19-15(8-11)21-14-5-4-12(17)9-13(14)18/h4-9,20H,10H2,1-3H3. The van der Waals surface area contributed by atoms with Gasteiger partial charge in [-0.3, -0.25) is 0 Å². The highest BCUT2D eigenvalue weighted by Gasteiger charge is 2.10. The molecule has 0 aliphatic heterocycles. The molecule has 1 heterocycles. The van der Waals surface area contributed by atoms with Crippen molar-refractivity contribution in [3.63, 3.8) is 0 Å². The second kappa shape index (κ2) is 6.54. The maximum absolute atomic E-state index is 13.7. The fraction of sp³-hybridized carbons (Fsp3) is 0.312. The number of aromatic nitrogens is 1. The third-order valence-electron chi connectivity index (χ3n) is 2.73. The summed E-state index contributed by atoms with van der Waals surface area (Å²) in [6, 6.07) is 8.37. The van der Waals surface area contributed by atoms with Gasteiger partial charge in [0.2, 0.25) is 5.88 Å². The number of halogens is 2. The molecule has 0 unspecified atom stereocenters. The summed E-state index contributed by atoms with van der Waals surface area (Å²) in [5.41, 5.74) is 1.06. The van der Waals surface area contributed by atoms with Gasteiger partial charge in [-0.2, -0.15) is 0 Å². The molecule has 0 radical (unpaired) electrons. The normalized spacial score (nSPS) is 11.5. The Kier molecular flexibility index (Phi) is 4.96. The highest BCUT2D eigenvalue weighted by atomic mass is 79.9. The van der Waals surface area contributed by atoms with Gasteiger partial charge in [0.05, 0.1) is 0 Å². The molecule has 0 atom stereocenters. The Balaban J connectivity index is 2.10. The van der Waals surface area contributed by atoms with Crippen molar-refractivity contribution in [3.05, 3.63) is 52.4 Å². The molecule has 0 spiro atoms. The van der Waals surface area contributed by atoms with Crippen LogP contribution in [0.25, 0.3) is 0 Å². The van der Waals surface area contributed by atoms with Crippen molar-refractivity contribution in [3.8, 4) is 11.6 Å². The molecular formula is C16H18BrFN2O. The number of hydrogen-bond acceptors (Lipinski definition) is 3. The van der Waals surface area contributed by atoms with E-state index in [2.05, 4.69) is 47.0 Å². The van der Waals surface area contributed by atoms with Gasteiger partial charge in [0.1, 0.15) is 0 Å². The van der Waals surface area contributed by atoms with Crippen molar-refractivity contribution < 1.29 is 9.13 Å². The van der Waals surface area contributed by atoms with Gasteiger partial charge in [-0.05, 0) is 50.6 Å². The van der Waals surface area contributed by atoms with Crippen molar-refractivity contribution in [1.82, 2.24) is 10.3 Å². The fourth-order valence-electron chi connectivity index (χ4n) is 1.65. The van der Waals surface area contributed by atoms with Crippen LogP contribution >= 0.6 is 15.9 Å². The molecule has 112 valence electrons. The van der Waals surface area contributed by atoms with Crippen LogP contribution in [0.4, 0.5) is 4.39 Å². The second-order valence-corrected chi connectivity index (χ2v) is 6.70. The maximum Gasteiger partial charge on any atom is 0.219 e. The molecule has 1 N–H and O–H groups in total. The first-order valence-corrected chi connectivity index (χ1v) is 7.46. The first-order chi connectivity index (χ1) is 9.83. The lowest BCUT2D eigenvalue weighted by molar-refractivity contribution is 0.416. The maximum atomic E-state index is 13.7. The second-order valence-electron chi connectivity index (χ2n) is 5.78. The highest BCUT2D eigenvalue weighted by Crippen LogP contribution is 2.26. The number of benzene rings is 1. The number of rotatable bonds is 4. The first kappa shape index (κ1) is 15.9. The summed E-state index contributed by atoms with van der Waals surface area (Å²) >= 11 is 3.21. The molecule has 0 fully saturated rings. The van der Waals surface area contributed by atoms with Gasteiger partial charge in [-0.25, -0.2) is 9.37 Å². The van der Waals surface area contributed by atoms with Gasteiger partial charge in [-0.1, -0.05) is 15.9 Å². The summed E-state index contributed by atoms with van der Waals surface area (Å²) in [4.78, 5) is 4.11. The predicted octanol–water partition coefficient (Wildman–Crippen LogP) is 4.66. The summed E-state index contributed by atoms with van der Waals surface area (Å²) in [5.74, 6) is 0.112. The van der Waals surface area contributed by atoms with E-state index in [1.165, 1.54) is 6.07 Å². The molecule has 0 aliphatic rings. The molecule has 0 bridgehead atoms. The summed E-state index contributed by atoms with van der Waals surface area (Å²) in [5, 5.41) is 3.38. The van der Waals surface area contributed by atoms with Gasteiger partial charge < -0.3 is 10.1 Å². The smallest absolute Gasteiger partial charge is 0.219 e. The average Bonchev–Trinajstić information content (AvgIpc) is 2.39. The molecule has 0 aliphatic carbocycles. The van der Waals surface area contributed by atoms with E-state index in [-0.39, 0.29) is 11.3 Å². The van der Waals surface area contributed by atoms with E-state index < -0.39 is 5.82 Å². The number of ether oxygens (including phenoxy) is 1. The van der Waals surface area contributed by atoms with E-state index in [0.29, 0.717) is 16.9 Å². The van der Waals surface area contributed by atoms with Crippen molar-refractivity contribution in [1.29, 1.82) is 0 Å². The number of nitrogens with zero attached hydrogens (tertiary/aromatic N) is 1. The van der Waals surface area contributed by atoms with Crippen LogP contribution in [0.5, 0.6) is 11.6 Å². The van der Waals surface area contributed by atoms with Crippen LogP contribution in [0, 0.1) is 5.82 Å². The van der Waals surface area contributed by atoms with Gasteiger partial charge >= 0.3 is 0 Å². The van der Waals surface area contributed by atoms with E-state index in [9.17, 15) is 4.39 Å². The van der Waals surface area contributed by atoms with Crippen LogP contribution in [0.15, 0.2) is 41.0 Å². The third kappa shape index (κ3) is 5.10. The SMILES string of the molecule is CC(C)(C)NCc1ccnc(Oc2ccc(Br)cc2F)c1. The minimum Gasteiger partial charge on any atom is -0.436 e. The molecule has 0 saturated heterocycles. The van der Waals surface area contributed by atoms with Crippen LogP contribution < -0.4 is 10.1 Å². The minimum absolute atomic E-state index is 0.0299. The third-order valence-corrected chi connectivity index (χ3v) is 3.22. The van der Waals surface area contributed by atoms with Gasteiger partial charge in [0, 0.05) is 28.8 Å². The van der Waals surface area contributed by atoms with Crippen LogP contribution in [-0.2, 0) is 6.54 Å². The van der Waals surface area contributed by atoms with Gasteiger partial charge in [0.25, 0.3) is 0 Å².